The van der Waals surface area contributed by atoms with E-state index in [9.17, 15) is 14.4 Å². The fraction of sp³-hybridized carbons (Fsp3) is 0.880. The van der Waals surface area contributed by atoms with Crippen LogP contribution in [-0.4, -0.2) is 112 Å². The Bertz CT molecular complexity index is 680. The number of nitrogens with one attached hydrogen (secondary N) is 3. The van der Waals surface area contributed by atoms with Crippen molar-refractivity contribution in [2.45, 2.75) is 77.2 Å². The lowest BCUT2D eigenvalue weighted by atomic mass is 9.94. The van der Waals surface area contributed by atoms with Crippen molar-refractivity contribution in [2.75, 3.05) is 66.4 Å². The topological polar surface area (TPSA) is 170 Å². The van der Waals surface area contributed by atoms with Crippen LogP contribution in [0.2, 0.25) is 0 Å². The Morgan fingerprint density at radius 3 is 1.89 bits per heavy atom. The minimum atomic E-state index is -1.23. The molecule has 0 aliphatic heterocycles. The van der Waals surface area contributed by atoms with Crippen molar-refractivity contribution in [3.8, 4) is 0 Å². The van der Waals surface area contributed by atoms with Crippen LogP contribution in [0.4, 0.5) is 0 Å². The highest BCUT2D eigenvalue weighted by Crippen LogP contribution is 2.10. The van der Waals surface area contributed by atoms with E-state index >= 15 is 0 Å². The highest BCUT2D eigenvalue weighted by molar-refractivity contribution is 5.88. The predicted octanol–water partition coefficient (Wildman–Crippen LogP) is 0.0750. The molecule has 0 amide bonds. The summed E-state index contributed by atoms with van der Waals surface area (Å²) in [4.78, 5) is 35.8. The Hall–Kier alpha value is -1.51. The van der Waals surface area contributed by atoms with Crippen molar-refractivity contribution in [1.82, 2.24) is 16.0 Å². The monoisotopic (exact) mass is 534 g/mol. The molecule has 12 nitrogen and oxygen atoms in total. The second-order valence-corrected chi connectivity index (χ2v) is 10.5. The van der Waals surface area contributed by atoms with E-state index < -0.39 is 23.2 Å². The summed E-state index contributed by atoms with van der Waals surface area (Å²) < 4.78 is 21.9. The smallest absolute Gasteiger partial charge is 0.320 e. The molecule has 0 saturated heterocycles. The molecule has 12 heteroatoms. The van der Waals surface area contributed by atoms with E-state index in [1.54, 1.807) is 27.8 Å². The molecule has 218 valence electrons. The summed E-state index contributed by atoms with van der Waals surface area (Å²) in [5, 5.41) is 17.8. The van der Waals surface area contributed by atoms with Gasteiger partial charge in [-0.2, -0.15) is 0 Å². The van der Waals surface area contributed by atoms with E-state index in [1.807, 2.05) is 20.8 Å². The third kappa shape index (κ3) is 17.6. The van der Waals surface area contributed by atoms with E-state index in [1.165, 1.54) is 0 Å². The van der Waals surface area contributed by atoms with Crippen LogP contribution >= 0.6 is 0 Å². The molecule has 2 unspecified atom stereocenters. The van der Waals surface area contributed by atoms with Crippen LogP contribution < -0.4 is 21.7 Å². The lowest BCUT2D eigenvalue weighted by Gasteiger charge is -2.25. The number of carbonyl (C=O) groups excluding carboxylic acids is 2. The van der Waals surface area contributed by atoms with Crippen LogP contribution in [0.25, 0.3) is 0 Å². The van der Waals surface area contributed by atoms with Crippen molar-refractivity contribution < 1.29 is 38.4 Å². The number of carboxylic acid groups (broad SMARTS) is 1. The largest absolute Gasteiger partial charge is 0.480 e. The zero-order valence-electron chi connectivity index (χ0n) is 23.7. The summed E-state index contributed by atoms with van der Waals surface area (Å²) in [5.41, 5.74) is 3.81. The van der Waals surface area contributed by atoms with Crippen LogP contribution in [0.1, 0.15) is 54.4 Å². The number of Topliss-reactive ketones (excluding diaryl/α,β-unsaturated/α-hetero) is 2. The second kappa shape index (κ2) is 17.9. The summed E-state index contributed by atoms with van der Waals surface area (Å²) in [7, 11) is 1.55. The van der Waals surface area contributed by atoms with Gasteiger partial charge in [0.25, 0.3) is 0 Å². The molecule has 0 rings (SSSR count). The number of hydrogen-bond acceptors (Lipinski definition) is 11. The first-order valence-electron chi connectivity index (χ1n) is 12.7. The Morgan fingerprint density at radius 1 is 0.811 bits per heavy atom. The van der Waals surface area contributed by atoms with Gasteiger partial charge >= 0.3 is 5.97 Å². The average molecular weight is 535 g/mol. The maximum absolute atomic E-state index is 12.4. The molecule has 2 atom stereocenters. The fourth-order valence-corrected chi connectivity index (χ4v) is 3.04. The standard InChI is InChI=1S/C25H50N4O8/c1-23(2,3)37-17-16-35-13-11-29-25(6,26)21(31)18-36-15-14-34-12-10-28-24(4,5)20(30)9-8-19(27-7)22(32)33/h19,27-29H,8-18,26H2,1-7H3,(H,32,33). The van der Waals surface area contributed by atoms with E-state index in [4.69, 9.17) is 29.8 Å². The lowest BCUT2D eigenvalue weighted by molar-refractivity contribution is -0.139. The lowest BCUT2D eigenvalue weighted by Crippen LogP contribution is -2.59. The molecule has 0 aromatic heterocycles. The first-order valence-corrected chi connectivity index (χ1v) is 12.7. The minimum absolute atomic E-state index is 0.0737. The third-order valence-corrected chi connectivity index (χ3v) is 5.50. The first-order chi connectivity index (χ1) is 17.1. The van der Waals surface area contributed by atoms with Crippen LogP contribution in [0.15, 0.2) is 0 Å². The minimum Gasteiger partial charge on any atom is -0.480 e. The van der Waals surface area contributed by atoms with Gasteiger partial charge in [-0.25, -0.2) is 0 Å². The molecule has 0 bridgehead atoms. The van der Waals surface area contributed by atoms with Crippen molar-refractivity contribution in [3.63, 3.8) is 0 Å². The number of ether oxygens (including phenoxy) is 4. The van der Waals surface area contributed by atoms with Gasteiger partial charge in [-0.3, -0.25) is 19.7 Å². The van der Waals surface area contributed by atoms with Crippen LogP contribution in [0, 0.1) is 0 Å². The number of rotatable bonds is 23. The number of hydrogen-bond donors (Lipinski definition) is 5. The highest BCUT2D eigenvalue weighted by atomic mass is 16.5. The third-order valence-electron chi connectivity index (χ3n) is 5.50. The Balaban J connectivity index is 3.92. The van der Waals surface area contributed by atoms with Gasteiger partial charge in [0, 0.05) is 19.5 Å². The average Bonchev–Trinajstić information content (AvgIpc) is 2.79. The zero-order chi connectivity index (χ0) is 28.5. The maximum atomic E-state index is 12.4. The molecule has 0 saturated carbocycles. The van der Waals surface area contributed by atoms with Gasteiger partial charge in [-0.1, -0.05) is 0 Å². The highest BCUT2D eigenvalue weighted by Gasteiger charge is 2.28. The van der Waals surface area contributed by atoms with Crippen LogP contribution in [0.3, 0.4) is 0 Å². The number of likely N-dealkylation sites (N-methyl/N-ethyl adjacent to an activating group) is 1. The molecular weight excluding hydrogens is 484 g/mol. The summed E-state index contributed by atoms with van der Waals surface area (Å²) in [6, 6.07) is -0.749. The van der Waals surface area contributed by atoms with Gasteiger partial charge in [-0.05, 0) is 55.0 Å². The van der Waals surface area contributed by atoms with Crippen LogP contribution in [-0.2, 0) is 33.3 Å². The quantitative estimate of drug-likeness (QED) is 0.0884. The van der Waals surface area contributed by atoms with Gasteiger partial charge in [-0.15, -0.1) is 0 Å². The molecular formula is C25H50N4O8. The Morgan fingerprint density at radius 2 is 1.35 bits per heavy atom. The molecule has 37 heavy (non-hydrogen) atoms. The number of carboxylic acids is 1. The van der Waals surface area contributed by atoms with Crippen LogP contribution in [0.5, 0.6) is 0 Å². The second-order valence-electron chi connectivity index (χ2n) is 10.5. The van der Waals surface area contributed by atoms with Gasteiger partial charge < -0.3 is 40.4 Å². The van der Waals surface area contributed by atoms with E-state index in [2.05, 4.69) is 16.0 Å². The van der Waals surface area contributed by atoms with E-state index in [0.29, 0.717) is 39.5 Å². The molecule has 0 aromatic carbocycles. The van der Waals surface area contributed by atoms with Gasteiger partial charge in [0.2, 0.25) is 0 Å². The maximum Gasteiger partial charge on any atom is 0.320 e. The predicted molar refractivity (Wildman–Crippen MR) is 141 cm³/mol. The molecule has 6 N–H and O–H groups in total. The number of ketones is 2. The fourth-order valence-electron chi connectivity index (χ4n) is 3.04. The molecule has 0 radical (unpaired) electrons. The molecule has 0 aliphatic rings. The van der Waals surface area contributed by atoms with Gasteiger partial charge in [0.15, 0.2) is 11.6 Å². The summed E-state index contributed by atoms with van der Waals surface area (Å²) in [6.07, 6.45) is 0.370. The van der Waals surface area contributed by atoms with Crippen molar-refractivity contribution in [3.05, 3.63) is 0 Å². The Labute approximate surface area is 221 Å². The van der Waals surface area contributed by atoms with Crippen molar-refractivity contribution >= 4 is 17.5 Å². The zero-order valence-corrected chi connectivity index (χ0v) is 23.7. The molecule has 0 spiro atoms. The molecule has 0 heterocycles. The van der Waals surface area contributed by atoms with Crippen molar-refractivity contribution in [2.24, 2.45) is 5.73 Å². The molecule has 0 aromatic rings. The number of aliphatic carboxylic acids is 1. The first kappa shape index (κ1) is 35.5. The number of nitrogens with two attached hydrogens (primary N) is 1. The molecule has 0 aliphatic carbocycles. The summed E-state index contributed by atoms with van der Waals surface area (Å²) in [5.74, 6) is -1.34. The van der Waals surface area contributed by atoms with Gasteiger partial charge in [0.05, 0.1) is 50.8 Å². The Kier molecular flexibility index (Phi) is 17.2. The van der Waals surface area contributed by atoms with E-state index in [0.717, 1.165) is 0 Å². The summed E-state index contributed by atoms with van der Waals surface area (Å²) >= 11 is 0. The van der Waals surface area contributed by atoms with E-state index in [-0.39, 0.29) is 49.8 Å². The normalized spacial score (nSPS) is 14.8. The molecule has 0 fully saturated rings. The SMILES string of the molecule is CNC(CCC(=O)C(C)(C)NCCOCCOCC(=O)C(C)(N)NCCOCCOC(C)(C)C)C(=O)O. The number of carbonyl (C=O) groups is 3. The van der Waals surface area contributed by atoms with Crippen molar-refractivity contribution in [1.29, 1.82) is 0 Å². The summed E-state index contributed by atoms with van der Waals surface area (Å²) in [6.45, 7) is 13.9. The van der Waals surface area contributed by atoms with Gasteiger partial charge in [0.1, 0.15) is 18.3 Å².